The molecule has 1 amide bonds. The fourth-order valence-corrected chi connectivity index (χ4v) is 2.54. The van der Waals surface area contributed by atoms with E-state index in [1.54, 1.807) is 24.5 Å². The van der Waals surface area contributed by atoms with E-state index in [4.69, 9.17) is 14.0 Å². The summed E-state index contributed by atoms with van der Waals surface area (Å²) in [6.07, 6.45) is 3.82. The number of ether oxygens (including phenoxy) is 2. The summed E-state index contributed by atoms with van der Waals surface area (Å²) in [6, 6.07) is 8.94. The molecule has 0 aliphatic rings. The van der Waals surface area contributed by atoms with E-state index in [2.05, 4.69) is 20.4 Å². The molecule has 0 unspecified atom stereocenters. The van der Waals surface area contributed by atoms with E-state index in [0.717, 1.165) is 5.56 Å². The minimum Gasteiger partial charge on any atom is -0.490 e. The van der Waals surface area contributed by atoms with Crippen molar-refractivity contribution >= 4 is 11.6 Å². The highest BCUT2D eigenvalue weighted by atomic mass is 16.5. The molecule has 2 aromatic heterocycles. The van der Waals surface area contributed by atoms with Crippen LogP contribution in [0.5, 0.6) is 11.5 Å². The lowest BCUT2D eigenvalue weighted by Crippen LogP contribution is -2.12. The van der Waals surface area contributed by atoms with E-state index in [0.29, 0.717) is 48.5 Å². The first kappa shape index (κ1) is 19.3. The number of rotatable bonds is 9. The lowest BCUT2D eigenvalue weighted by atomic mass is 10.2. The Hall–Kier alpha value is -3.42. The number of pyridine rings is 1. The van der Waals surface area contributed by atoms with Gasteiger partial charge >= 0.3 is 0 Å². The van der Waals surface area contributed by atoms with Crippen LogP contribution < -0.4 is 14.8 Å². The SMILES string of the molecule is CCOc1ccc(-c2noc(CCC(=O)Nc3ccncc3)n2)cc1OCC. The van der Waals surface area contributed by atoms with Crippen LogP contribution in [0.1, 0.15) is 26.2 Å². The van der Waals surface area contributed by atoms with Crippen molar-refractivity contribution in [1.82, 2.24) is 15.1 Å². The average molecular weight is 382 g/mol. The Morgan fingerprint density at radius 3 is 2.57 bits per heavy atom. The number of aromatic nitrogens is 3. The molecule has 0 aliphatic heterocycles. The molecule has 0 spiro atoms. The Bertz CT molecular complexity index is 912. The van der Waals surface area contributed by atoms with Gasteiger partial charge in [0.15, 0.2) is 11.5 Å². The minimum atomic E-state index is -0.134. The Morgan fingerprint density at radius 2 is 1.82 bits per heavy atom. The first-order valence-corrected chi connectivity index (χ1v) is 9.12. The summed E-state index contributed by atoms with van der Waals surface area (Å²) in [5.41, 5.74) is 1.45. The molecule has 1 N–H and O–H groups in total. The number of nitrogens with one attached hydrogen (secondary N) is 1. The molecule has 146 valence electrons. The summed E-state index contributed by atoms with van der Waals surface area (Å²) in [7, 11) is 0. The lowest BCUT2D eigenvalue weighted by Gasteiger charge is -2.11. The number of carbonyl (C=O) groups is 1. The monoisotopic (exact) mass is 382 g/mol. The van der Waals surface area contributed by atoms with Crippen molar-refractivity contribution in [3.8, 4) is 22.9 Å². The molecule has 0 bridgehead atoms. The maximum absolute atomic E-state index is 12.0. The van der Waals surface area contributed by atoms with Gasteiger partial charge in [-0.05, 0) is 44.2 Å². The molecule has 8 nitrogen and oxygen atoms in total. The first-order valence-electron chi connectivity index (χ1n) is 9.12. The summed E-state index contributed by atoms with van der Waals surface area (Å²) >= 11 is 0. The smallest absolute Gasteiger partial charge is 0.227 e. The van der Waals surface area contributed by atoms with Crippen LogP contribution in [-0.2, 0) is 11.2 Å². The number of hydrogen-bond acceptors (Lipinski definition) is 7. The van der Waals surface area contributed by atoms with Crippen molar-refractivity contribution in [2.45, 2.75) is 26.7 Å². The van der Waals surface area contributed by atoms with E-state index < -0.39 is 0 Å². The van der Waals surface area contributed by atoms with Gasteiger partial charge in [0.25, 0.3) is 0 Å². The third-order valence-electron chi connectivity index (χ3n) is 3.80. The molecular formula is C20H22N4O4. The number of nitrogens with zero attached hydrogens (tertiary/aromatic N) is 3. The second kappa shape index (κ2) is 9.50. The van der Waals surface area contributed by atoms with Crippen LogP contribution in [0.4, 0.5) is 5.69 Å². The molecule has 3 rings (SSSR count). The van der Waals surface area contributed by atoms with Crippen molar-refractivity contribution in [2.75, 3.05) is 18.5 Å². The number of aryl methyl sites for hydroxylation is 1. The maximum Gasteiger partial charge on any atom is 0.227 e. The molecular weight excluding hydrogens is 360 g/mol. The topological polar surface area (TPSA) is 99.4 Å². The van der Waals surface area contributed by atoms with E-state index in [1.807, 2.05) is 32.0 Å². The molecule has 3 aromatic rings. The van der Waals surface area contributed by atoms with Crippen molar-refractivity contribution < 1.29 is 18.8 Å². The van der Waals surface area contributed by atoms with Gasteiger partial charge in [-0.15, -0.1) is 0 Å². The second-order valence-corrected chi connectivity index (χ2v) is 5.82. The Morgan fingerprint density at radius 1 is 1.07 bits per heavy atom. The Balaban J connectivity index is 1.63. The molecule has 0 atom stereocenters. The van der Waals surface area contributed by atoms with Gasteiger partial charge in [0.2, 0.25) is 17.6 Å². The van der Waals surface area contributed by atoms with Crippen molar-refractivity contribution in [1.29, 1.82) is 0 Å². The van der Waals surface area contributed by atoms with Gasteiger partial charge in [0.05, 0.1) is 13.2 Å². The molecule has 0 saturated heterocycles. The molecule has 8 heteroatoms. The summed E-state index contributed by atoms with van der Waals surface area (Å²) in [5, 5.41) is 6.79. The molecule has 0 aliphatic carbocycles. The zero-order valence-electron chi connectivity index (χ0n) is 15.8. The molecule has 1 aromatic carbocycles. The zero-order valence-corrected chi connectivity index (χ0v) is 15.8. The second-order valence-electron chi connectivity index (χ2n) is 5.82. The van der Waals surface area contributed by atoms with E-state index in [1.165, 1.54) is 0 Å². The average Bonchev–Trinajstić information content (AvgIpc) is 3.18. The number of hydrogen-bond donors (Lipinski definition) is 1. The highest BCUT2D eigenvalue weighted by Gasteiger charge is 2.14. The van der Waals surface area contributed by atoms with Crippen LogP contribution in [0.2, 0.25) is 0 Å². The standard InChI is InChI=1S/C20H22N4O4/c1-3-26-16-6-5-14(13-17(16)27-4-2)20-23-19(28-24-20)8-7-18(25)22-15-9-11-21-12-10-15/h5-6,9-13H,3-4,7-8H2,1-2H3,(H,21,22,25). The molecule has 28 heavy (non-hydrogen) atoms. The quantitative estimate of drug-likeness (QED) is 0.604. The predicted octanol–water partition coefficient (Wildman–Crippen LogP) is 3.50. The van der Waals surface area contributed by atoms with E-state index >= 15 is 0 Å². The third kappa shape index (κ3) is 5.06. The fraction of sp³-hybridized carbons (Fsp3) is 0.300. The largest absolute Gasteiger partial charge is 0.490 e. The fourth-order valence-electron chi connectivity index (χ4n) is 2.54. The summed E-state index contributed by atoms with van der Waals surface area (Å²) in [4.78, 5) is 20.3. The summed E-state index contributed by atoms with van der Waals surface area (Å²) in [5.74, 6) is 2.00. The molecule has 0 fully saturated rings. The van der Waals surface area contributed by atoms with Crippen molar-refractivity contribution in [3.63, 3.8) is 0 Å². The van der Waals surface area contributed by atoms with Crippen LogP contribution in [-0.4, -0.2) is 34.2 Å². The van der Waals surface area contributed by atoms with Gasteiger partial charge in [-0.2, -0.15) is 4.98 Å². The molecule has 0 saturated carbocycles. The number of carbonyl (C=O) groups excluding carboxylic acids is 1. The van der Waals surface area contributed by atoms with Crippen LogP contribution >= 0.6 is 0 Å². The van der Waals surface area contributed by atoms with Gasteiger partial charge in [0, 0.05) is 36.5 Å². The minimum absolute atomic E-state index is 0.134. The van der Waals surface area contributed by atoms with Gasteiger partial charge in [-0.1, -0.05) is 5.16 Å². The van der Waals surface area contributed by atoms with Crippen molar-refractivity contribution in [3.05, 3.63) is 48.6 Å². The van der Waals surface area contributed by atoms with Gasteiger partial charge in [-0.25, -0.2) is 0 Å². The summed E-state index contributed by atoms with van der Waals surface area (Å²) in [6.45, 7) is 4.90. The summed E-state index contributed by atoms with van der Waals surface area (Å²) < 4.78 is 16.5. The van der Waals surface area contributed by atoms with E-state index in [9.17, 15) is 4.79 Å². The van der Waals surface area contributed by atoms with Crippen LogP contribution in [0.15, 0.2) is 47.2 Å². The first-order chi connectivity index (χ1) is 13.7. The predicted molar refractivity (Wildman–Crippen MR) is 103 cm³/mol. The third-order valence-corrected chi connectivity index (χ3v) is 3.80. The molecule has 0 radical (unpaired) electrons. The van der Waals surface area contributed by atoms with Crippen LogP contribution in [0.3, 0.4) is 0 Å². The van der Waals surface area contributed by atoms with Gasteiger partial charge in [0.1, 0.15) is 0 Å². The number of anilines is 1. The number of amides is 1. The van der Waals surface area contributed by atoms with Gasteiger partial charge in [-0.3, -0.25) is 9.78 Å². The maximum atomic E-state index is 12.0. The number of benzene rings is 1. The Labute approximate surface area is 162 Å². The highest BCUT2D eigenvalue weighted by Crippen LogP contribution is 2.32. The van der Waals surface area contributed by atoms with Crippen molar-refractivity contribution in [2.24, 2.45) is 0 Å². The van der Waals surface area contributed by atoms with Crippen LogP contribution in [0, 0.1) is 0 Å². The highest BCUT2D eigenvalue weighted by molar-refractivity contribution is 5.90. The van der Waals surface area contributed by atoms with E-state index in [-0.39, 0.29) is 12.3 Å². The van der Waals surface area contributed by atoms with Crippen LogP contribution in [0.25, 0.3) is 11.4 Å². The van der Waals surface area contributed by atoms with Gasteiger partial charge < -0.3 is 19.3 Å². The zero-order chi connectivity index (χ0) is 19.8. The molecule has 2 heterocycles. The lowest BCUT2D eigenvalue weighted by molar-refractivity contribution is -0.116. The normalized spacial score (nSPS) is 10.5. The Kier molecular flexibility index (Phi) is 6.56.